The van der Waals surface area contributed by atoms with Crippen LogP contribution in [0.5, 0.6) is 0 Å². The summed E-state index contributed by atoms with van der Waals surface area (Å²) >= 11 is 5.89. The van der Waals surface area contributed by atoms with Crippen LogP contribution in [0, 0.1) is 5.82 Å². The van der Waals surface area contributed by atoms with Gasteiger partial charge in [0.1, 0.15) is 11.5 Å². The molecule has 1 aliphatic rings. The van der Waals surface area contributed by atoms with E-state index in [2.05, 4.69) is 10.3 Å². The highest BCUT2D eigenvalue weighted by atomic mass is 35.5. The third-order valence-corrected chi connectivity index (χ3v) is 5.35. The molecule has 0 bridgehead atoms. The van der Waals surface area contributed by atoms with E-state index in [0.717, 1.165) is 23.4 Å². The minimum absolute atomic E-state index is 0.115. The van der Waals surface area contributed by atoms with Crippen molar-refractivity contribution in [2.24, 2.45) is 0 Å². The second-order valence-electron chi connectivity index (χ2n) is 6.91. The number of nitrogens with zero attached hydrogens (tertiary/aromatic N) is 4. The lowest BCUT2D eigenvalue weighted by Crippen LogP contribution is -2.37. The number of benzene rings is 2. The molecule has 0 spiro atoms. The molecule has 0 saturated carbocycles. The molecule has 1 amide bonds. The van der Waals surface area contributed by atoms with Gasteiger partial charge in [-0.15, -0.1) is 5.10 Å². The van der Waals surface area contributed by atoms with Gasteiger partial charge in [-0.3, -0.25) is 4.79 Å². The minimum atomic E-state index is -4.65. The summed E-state index contributed by atoms with van der Waals surface area (Å²) in [6.45, 7) is 0.801. The summed E-state index contributed by atoms with van der Waals surface area (Å²) in [7, 11) is 0. The minimum Gasteiger partial charge on any atom is -0.332 e. The Hall–Kier alpha value is -2.94. The van der Waals surface area contributed by atoms with E-state index in [1.54, 1.807) is 16.8 Å². The van der Waals surface area contributed by atoms with Crippen molar-refractivity contribution in [3.63, 3.8) is 0 Å². The number of halogens is 5. The lowest BCUT2D eigenvalue weighted by atomic mass is 10.1. The van der Waals surface area contributed by atoms with Crippen LogP contribution in [-0.4, -0.2) is 32.3 Å². The van der Waals surface area contributed by atoms with Crippen LogP contribution in [0.25, 0.3) is 0 Å². The molecule has 2 aromatic carbocycles. The van der Waals surface area contributed by atoms with Crippen molar-refractivity contribution in [3.05, 3.63) is 81.4 Å². The van der Waals surface area contributed by atoms with Gasteiger partial charge in [0, 0.05) is 13.0 Å². The quantitative estimate of drug-likeness (QED) is 0.572. The molecule has 0 radical (unpaired) electrons. The number of rotatable bonds is 3. The van der Waals surface area contributed by atoms with E-state index >= 15 is 0 Å². The molecule has 1 aromatic heterocycles. The molecule has 0 unspecified atom stereocenters. The molecule has 0 fully saturated rings. The van der Waals surface area contributed by atoms with Gasteiger partial charge in [-0.2, -0.15) is 13.2 Å². The van der Waals surface area contributed by atoms with Gasteiger partial charge >= 0.3 is 6.18 Å². The summed E-state index contributed by atoms with van der Waals surface area (Å²) in [5, 5.41) is 7.60. The number of aromatic nitrogens is 3. The first-order valence-electron chi connectivity index (χ1n) is 9.04. The Morgan fingerprint density at radius 2 is 1.87 bits per heavy atom. The highest BCUT2D eigenvalue weighted by Crippen LogP contribution is 2.36. The van der Waals surface area contributed by atoms with E-state index in [1.807, 2.05) is 0 Å². The molecule has 156 valence electrons. The van der Waals surface area contributed by atoms with E-state index in [9.17, 15) is 22.4 Å². The Balaban J connectivity index is 1.53. The topological polar surface area (TPSA) is 51.0 Å². The van der Waals surface area contributed by atoms with E-state index in [1.165, 1.54) is 23.1 Å². The number of hydrogen-bond donors (Lipinski definition) is 0. The SMILES string of the molecule is O=C(c1cccc(C(F)(F)F)c1Cl)N1CCc2c(nnn2Cc2ccc(F)cc2)C1. The predicted molar refractivity (Wildman–Crippen MR) is 100 cm³/mol. The molecular formula is C20H15ClF4N4O. The monoisotopic (exact) mass is 438 g/mol. The molecule has 2 heterocycles. The van der Waals surface area contributed by atoms with Gasteiger partial charge in [0.25, 0.3) is 5.91 Å². The highest BCUT2D eigenvalue weighted by molar-refractivity contribution is 6.34. The zero-order valence-corrected chi connectivity index (χ0v) is 16.2. The Kier molecular flexibility index (Phi) is 5.23. The fraction of sp³-hybridized carbons (Fsp3) is 0.250. The Morgan fingerprint density at radius 1 is 1.13 bits per heavy atom. The normalized spacial score (nSPS) is 14.0. The van der Waals surface area contributed by atoms with Gasteiger partial charge < -0.3 is 4.90 Å². The Morgan fingerprint density at radius 3 is 2.57 bits per heavy atom. The van der Waals surface area contributed by atoms with Crippen molar-refractivity contribution in [3.8, 4) is 0 Å². The van der Waals surface area contributed by atoms with Crippen LogP contribution in [0.4, 0.5) is 17.6 Å². The standard InChI is InChI=1S/C20H15ClF4N4O/c21-18-14(2-1-3-15(18)20(23,24)25)19(30)28-9-8-17-16(11-28)26-27-29(17)10-12-4-6-13(22)7-5-12/h1-7H,8-11H2. The number of carbonyl (C=O) groups excluding carboxylic acids is 1. The zero-order chi connectivity index (χ0) is 21.5. The van der Waals surface area contributed by atoms with E-state index in [4.69, 9.17) is 11.6 Å². The first kappa shape index (κ1) is 20.3. The first-order valence-corrected chi connectivity index (χ1v) is 9.42. The molecule has 30 heavy (non-hydrogen) atoms. The van der Waals surface area contributed by atoms with Crippen LogP contribution >= 0.6 is 11.6 Å². The fourth-order valence-electron chi connectivity index (χ4n) is 3.42. The average Bonchev–Trinajstić information content (AvgIpc) is 3.10. The second-order valence-corrected chi connectivity index (χ2v) is 7.29. The number of alkyl halides is 3. The first-order chi connectivity index (χ1) is 14.2. The van der Waals surface area contributed by atoms with Crippen molar-refractivity contribution < 1.29 is 22.4 Å². The molecular weight excluding hydrogens is 424 g/mol. The third-order valence-electron chi connectivity index (χ3n) is 4.94. The van der Waals surface area contributed by atoms with Crippen LogP contribution < -0.4 is 0 Å². The third kappa shape index (κ3) is 3.89. The summed E-state index contributed by atoms with van der Waals surface area (Å²) < 4.78 is 54.0. The largest absolute Gasteiger partial charge is 0.417 e. The number of fused-ring (bicyclic) bond motifs is 1. The smallest absolute Gasteiger partial charge is 0.332 e. The molecule has 0 N–H and O–H groups in total. The maximum Gasteiger partial charge on any atom is 0.417 e. The van der Waals surface area contributed by atoms with Crippen molar-refractivity contribution in [1.82, 2.24) is 19.9 Å². The average molecular weight is 439 g/mol. The van der Waals surface area contributed by atoms with E-state index in [0.29, 0.717) is 18.7 Å². The molecule has 0 saturated heterocycles. The summed E-state index contributed by atoms with van der Waals surface area (Å²) in [5.41, 5.74) is 1.00. The Labute approximate surface area is 173 Å². The molecule has 5 nitrogen and oxygen atoms in total. The van der Waals surface area contributed by atoms with Crippen molar-refractivity contribution in [2.45, 2.75) is 25.7 Å². The van der Waals surface area contributed by atoms with Crippen LogP contribution in [0.1, 0.15) is 32.9 Å². The van der Waals surface area contributed by atoms with Gasteiger partial charge in [0.15, 0.2) is 0 Å². The molecule has 10 heteroatoms. The maximum atomic E-state index is 13.1. The predicted octanol–water partition coefficient (Wildman–Crippen LogP) is 4.34. The molecule has 1 aliphatic heterocycles. The van der Waals surface area contributed by atoms with Gasteiger partial charge in [-0.1, -0.05) is 35.0 Å². The number of hydrogen-bond acceptors (Lipinski definition) is 3. The molecule has 3 aromatic rings. The van der Waals surface area contributed by atoms with Crippen LogP contribution in [0.3, 0.4) is 0 Å². The zero-order valence-electron chi connectivity index (χ0n) is 15.5. The van der Waals surface area contributed by atoms with Crippen LogP contribution in [0.15, 0.2) is 42.5 Å². The van der Waals surface area contributed by atoms with Gasteiger partial charge in [0.05, 0.1) is 34.9 Å². The fourth-order valence-corrected chi connectivity index (χ4v) is 3.73. The summed E-state index contributed by atoms with van der Waals surface area (Å²) in [6, 6.07) is 9.30. The summed E-state index contributed by atoms with van der Waals surface area (Å²) in [6.07, 6.45) is -4.21. The van der Waals surface area contributed by atoms with E-state index < -0.39 is 22.7 Å². The van der Waals surface area contributed by atoms with Crippen molar-refractivity contribution in [1.29, 1.82) is 0 Å². The second kappa shape index (κ2) is 7.71. The molecule has 0 atom stereocenters. The van der Waals surface area contributed by atoms with Gasteiger partial charge in [0.2, 0.25) is 0 Å². The Bertz CT molecular complexity index is 1100. The number of amides is 1. The van der Waals surface area contributed by atoms with E-state index in [-0.39, 0.29) is 24.5 Å². The molecule has 0 aliphatic carbocycles. The van der Waals surface area contributed by atoms with Gasteiger partial charge in [-0.25, -0.2) is 9.07 Å². The van der Waals surface area contributed by atoms with Crippen LogP contribution in [0.2, 0.25) is 5.02 Å². The van der Waals surface area contributed by atoms with Gasteiger partial charge in [-0.05, 0) is 29.8 Å². The lowest BCUT2D eigenvalue weighted by Gasteiger charge is -2.27. The molecule has 4 rings (SSSR count). The maximum absolute atomic E-state index is 13.1. The summed E-state index contributed by atoms with van der Waals surface area (Å²) in [5.74, 6) is -0.924. The number of carbonyl (C=O) groups is 1. The highest BCUT2D eigenvalue weighted by Gasteiger charge is 2.36. The van der Waals surface area contributed by atoms with Crippen molar-refractivity contribution >= 4 is 17.5 Å². The lowest BCUT2D eigenvalue weighted by molar-refractivity contribution is -0.137. The van der Waals surface area contributed by atoms with Crippen LogP contribution in [-0.2, 0) is 25.7 Å². The van der Waals surface area contributed by atoms with Crippen molar-refractivity contribution in [2.75, 3.05) is 6.54 Å². The summed E-state index contributed by atoms with van der Waals surface area (Å²) in [4.78, 5) is 14.2.